The highest BCUT2D eigenvalue weighted by Gasteiger charge is 2.12. The SMILES string of the molecule is Cc1ccn2c(N=Cc3ccncc3)c(-c3ccoc3)cc2c1. The second kappa shape index (κ2) is 5.57. The number of fused-ring (bicyclic) bond motifs is 1. The number of aromatic nitrogens is 2. The van der Waals surface area contributed by atoms with Gasteiger partial charge in [-0.3, -0.25) is 4.98 Å². The first kappa shape index (κ1) is 13.5. The molecule has 0 aliphatic heterocycles. The minimum absolute atomic E-state index is 0.887. The number of hydrogen-bond donors (Lipinski definition) is 0. The van der Waals surface area contributed by atoms with E-state index in [-0.39, 0.29) is 0 Å². The van der Waals surface area contributed by atoms with Crippen molar-refractivity contribution in [2.45, 2.75) is 6.92 Å². The summed E-state index contributed by atoms with van der Waals surface area (Å²) in [6, 6.07) is 12.2. The van der Waals surface area contributed by atoms with Crippen LogP contribution in [0, 0.1) is 6.92 Å². The maximum absolute atomic E-state index is 5.24. The van der Waals surface area contributed by atoms with Gasteiger partial charge in [0.1, 0.15) is 5.82 Å². The van der Waals surface area contributed by atoms with Crippen molar-refractivity contribution in [3.8, 4) is 11.1 Å². The summed E-state index contributed by atoms with van der Waals surface area (Å²) in [6.45, 7) is 2.09. The van der Waals surface area contributed by atoms with E-state index in [2.05, 4.69) is 34.5 Å². The summed E-state index contributed by atoms with van der Waals surface area (Å²) < 4.78 is 7.33. The van der Waals surface area contributed by atoms with E-state index < -0.39 is 0 Å². The van der Waals surface area contributed by atoms with Crippen LogP contribution in [0.15, 0.2) is 76.9 Å². The first-order valence-electron chi connectivity index (χ1n) is 7.40. The summed E-state index contributed by atoms with van der Waals surface area (Å²) >= 11 is 0. The Hall–Kier alpha value is -3.14. The molecule has 0 unspecified atom stereocenters. The Balaban J connectivity index is 1.89. The summed E-state index contributed by atoms with van der Waals surface area (Å²) in [4.78, 5) is 8.75. The average molecular weight is 301 g/mol. The summed E-state index contributed by atoms with van der Waals surface area (Å²) in [5.41, 5.74) is 5.42. The molecule has 112 valence electrons. The maximum Gasteiger partial charge on any atom is 0.145 e. The molecular weight excluding hydrogens is 286 g/mol. The second-order valence-electron chi connectivity index (χ2n) is 5.43. The van der Waals surface area contributed by atoms with Gasteiger partial charge in [0.25, 0.3) is 0 Å². The van der Waals surface area contributed by atoms with Gasteiger partial charge in [0.05, 0.1) is 12.5 Å². The van der Waals surface area contributed by atoms with Crippen molar-refractivity contribution < 1.29 is 4.42 Å². The zero-order valence-electron chi connectivity index (χ0n) is 12.7. The highest BCUT2D eigenvalue weighted by atomic mass is 16.3. The fraction of sp³-hybridized carbons (Fsp3) is 0.0526. The van der Waals surface area contributed by atoms with Gasteiger partial charge in [-0.2, -0.15) is 0 Å². The molecule has 0 aliphatic rings. The van der Waals surface area contributed by atoms with E-state index >= 15 is 0 Å². The molecule has 23 heavy (non-hydrogen) atoms. The molecule has 0 radical (unpaired) electrons. The van der Waals surface area contributed by atoms with Crippen molar-refractivity contribution in [2.24, 2.45) is 4.99 Å². The van der Waals surface area contributed by atoms with E-state index in [1.165, 1.54) is 5.56 Å². The number of rotatable bonds is 3. The van der Waals surface area contributed by atoms with Crippen LogP contribution in [0.25, 0.3) is 16.6 Å². The molecule has 4 rings (SSSR count). The molecule has 4 aromatic heterocycles. The third-order valence-electron chi connectivity index (χ3n) is 3.78. The summed E-state index contributed by atoms with van der Waals surface area (Å²) in [6.07, 6.45) is 10.8. The van der Waals surface area contributed by atoms with Crippen LogP contribution >= 0.6 is 0 Å². The van der Waals surface area contributed by atoms with Crippen molar-refractivity contribution in [2.75, 3.05) is 0 Å². The quantitative estimate of drug-likeness (QED) is 0.517. The lowest BCUT2D eigenvalue weighted by atomic mass is 10.1. The number of nitrogens with zero attached hydrogens (tertiary/aromatic N) is 3. The summed E-state index contributed by atoms with van der Waals surface area (Å²) in [7, 11) is 0. The van der Waals surface area contributed by atoms with Crippen LogP contribution < -0.4 is 0 Å². The van der Waals surface area contributed by atoms with Crippen LogP contribution in [0.3, 0.4) is 0 Å². The van der Waals surface area contributed by atoms with Crippen LogP contribution in [0.1, 0.15) is 11.1 Å². The molecule has 0 saturated carbocycles. The van der Waals surface area contributed by atoms with E-state index in [0.717, 1.165) is 28.0 Å². The molecule has 0 saturated heterocycles. The van der Waals surface area contributed by atoms with Gasteiger partial charge in [-0.1, -0.05) is 0 Å². The van der Waals surface area contributed by atoms with Gasteiger partial charge in [-0.15, -0.1) is 0 Å². The molecule has 0 atom stereocenters. The van der Waals surface area contributed by atoms with Crippen LogP contribution in [0.5, 0.6) is 0 Å². The van der Waals surface area contributed by atoms with Crippen LogP contribution in [0.2, 0.25) is 0 Å². The normalized spacial score (nSPS) is 11.5. The largest absolute Gasteiger partial charge is 0.472 e. The molecule has 4 heterocycles. The van der Waals surface area contributed by atoms with Gasteiger partial charge in [-0.25, -0.2) is 4.99 Å². The highest BCUT2D eigenvalue weighted by Crippen LogP contribution is 2.34. The molecule has 0 spiro atoms. The third-order valence-corrected chi connectivity index (χ3v) is 3.78. The molecule has 0 aromatic carbocycles. The zero-order valence-corrected chi connectivity index (χ0v) is 12.7. The third kappa shape index (κ3) is 2.55. The van der Waals surface area contributed by atoms with Gasteiger partial charge in [-0.05, 0) is 54.4 Å². The molecule has 0 amide bonds. The van der Waals surface area contributed by atoms with Gasteiger partial charge >= 0.3 is 0 Å². The lowest BCUT2D eigenvalue weighted by Crippen LogP contribution is -1.86. The van der Waals surface area contributed by atoms with Crippen molar-refractivity contribution >= 4 is 17.5 Å². The van der Waals surface area contributed by atoms with Crippen molar-refractivity contribution in [1.82, 2.24) is 9.38 Å². The number of furan rings is 1. The average Bonchev–Trinajstić information content (AvgIpc) is 3.21. The molecule has 4 heteroatoms. The Kier molecular flexibility index (Phi) is 3.27. The van der Waals surface area contributed by atoms with E-state index in [0.29, 0.717) is 0 Å². The molecular formula is C19H15N3O. The number of aryl methyl sites for hydroxylation is 1. The van der Waals surface area contributed by atoms with Crippen LogP contribution in [-0.2, 0) is 0 Å². The van der Waals surface area contributed by atoms with Gasteiger partial charge in [0.15, 0.2) is 0 Å². The van der Waals surface area contributed by atoms with E-state index in [9.17, 15) is 0 Å². The highest BCUT2D eigenvalue weighted by molar-refractivity contribution is 5.87. The lowest BCUT2D eigenvalue weighted by molar-refractivity contribution is 0.568. The molecule has 4 nitrogen and oxygen atoms in total. The number of hydrogen-bond acceptors (Lipinski definition) is 3. The van der Waals surface area contributed by atoms with E-state index in [4.69, 9.17) is 9.41 Å². The van der Waals surface area contributed by atoms with Crippen LogP contribution in [-0.4, -0.2) is 15.6 Å². The maximum atomic E-state index is 5.24. The van der Waals surface area contributed by atoms with E-state index in [1.807, 2.05) is 30.6 Å². The lowest BCUT2D eigenvalue weighted by Gasteiger charge is -2.01. The molecule has 0 bridgehead atoms. The number of aliphatic imine (C=N–C) groups is 1. The Morgan fingerprint density at radius 2 is 2.00 bits per heavy atom. The Morgan fingerprint density at radius 3 is 2.78 bits per heavy atom. The molecule has 0 N–H and O–H groups in total. The van der Waals surface area contributed by atoms with Crippen molar-refractivity contribution in [1.29, 1.82) is 0 Å². The zero-order chi connectivity index (χ0) is 15.6. The van der Waals surface area contributed by atoms with Gasteiger partial charge < -0.3 is 8.82 Å². The number of pyridine rings is 2. The summed E-state index contributed by atoms with van der Waals surface area (Å²) in [5, 5.41) is 0. The fourth-order valence-corrected chi connectivity index (χ4v) is 2.62. The first-order chi connectivity index (χ1) is 11.3. The Morgan fingerprint density at radius 1 is 1.13 bits per heavy atom. The van der Waals surface area contributed by atoms with Gasteiger partial charge in [0, 0.05) is 41.4 Å². The smallest absolute Gasteiger partial charge is 0.145 e. The summed E-state index contributed by atoms with van der Waals surface area (Å²) in [5.74, 6) is 0.887. The monoisotopic (exact) mass is 301 g/mol. The van der Waals surface area contributed by atoms with E-state index in [1.54, 1.807) is 24.9 Å². The molecule has 4 aromatic rings. The molecule has 0 fully saturated rings. The predicted octanol–water partition coefficient (Wildman–Crippen LogP) is 4.65. The topological polar surface area (TPSA) is 42.8 Å². The van der Waals surface area contributed by atoms with Crippen molar-refractivity contribution in [3.05, 3.63) is 78.6 Å². The fourth-order valence-electron chi connectivity index (χ4n) is 2.62. The van der Waals surface area contributed by atoms with Gasteiger partial charge in [0.2, 0.25) is 0 Å². The standard InChI is InChI=1S/C19H15N3O/c1-14-4-8-22-17(10-14)11-18(16-5-9-23-13-16)19(22)21-12-15-2-6-20-7-3-15/h2-13H,1H3. The van der Waals surface area contributed by atoms with Crippen LogP contribution in [0.4, 0.5) is 5.82 Å². The predicted molar refractivity (Wildman–Crippen MR) is 91.3 cm³/mol. The minimum atomic E-state index is 0.887. The first-order valence-corrected chi connectivity index (χ1v) is 7.40. The van der Waals surface area contributed by atoms with Crippen molar-refractivity contribution in [3.63, 3.8) is 0 Å². The molecule has 0 aliphatic carbocycles. The minimum Gasteiger partial charge on any atom is -0.472 e. The Labute approximate surface area is 133 Å². The Bertz CT molecular complexity index is 967. The second-order valence-corrected chi connectivity index (χ2v) is 5.43.